The van der Waals surface area contributed by atoms with Crippen LogP contribution in [0, 0.1) is 6.92 Å². The van der Waals surface area contributed by atoms with Gasteiger partial charge >= 0.3 is 0 Å². The lowest BCUT2D eigenvalue weighted by Gasteiger charge is -2.07. The third kappa shape index (κ3) is 4.17. The van der Waals surface area contributed by atoms with Crippen molar-refractivity contribution in [2.24, 2.45) is 0 Å². The highest BCUT2D eigenvalue weighted by Crippen LogP contribution is 2.20. The predicted octanol–water partition coefficient (Wildman–Crippen LogP) is 4.66. The van der Waals surface area contributed by atoms with Gasteiger partial charge in [-0.15, -0.1) is 11.8 Å². The predicted molar refractivity (Wildman–Crippen MR) is 94.5 cm³/mol. The van der Waals surface area contributed by atoms with Gasteiger partial charge in [0.15, 0.2) is 5.43 Å². The molecule has 0 amide bonds. The van der Waals surface area contributed by atoms with Gasteiger partial charge in [-0.25, -0.2) is 0 Å². The molecule has 0 fully saturated rings. The second-order valence-corrected chi connectivity index (χ2v) is 6.47. The summed E-state index contributed by atoms with van der Waals surface area (Å²) >= 11 is 1.82. The van der Waals surface area contributed by atoms with E-state index in [1.807, 2.05) is 17.8 Å². The molecule has 0 unspecified atom stereocenters. The SMILES string of the molecule is Cc1ccc(SCCCOc2ccc3occc(=O)c3c2)cc1. The third-order valence-electron chi connectivity index (χ3n) is 3.48. The van der Waals surface area contributed by atoms with Crippen molar-refractivity contribution in [3.8, 4) is 5.75 Å². The van der Waals surface area contributed by atoms with Crippen LogP contribution in [0.4, 0.5) is 0 Å². The summed E-state index contributed by atoms with van der Waals surface area (Å²) in [6.45, 7) is 2.72. The van der Waals surface area contributed by atoms with Gasteiger partial charge in [-0.2, -0.15) is 0 Å². The van der Waals surface area contributed by atoms with E-state index in [-0.39, 0.29) is 5.43 Å². The fourth-order valence-corrected chi connectivity index (χ4v) is 3.05. The molecule has 0 N–H and O–H groups in total. The second-order valence-electron chi connectivity index (χ2n) is 5.31. The number of hydrogen-bond donors (Lipinski definition) is 0. The molecule has 3 aromatic rings. The Bertz CT molecular complexity index is 837. The number of thioether (sulfide) groups is 1. The highest BCUT2D eigenvalue weighted by molar-refractivity contribution is 7.99. The van der Waals surface area contributed by atoms with Gasteiger partial charge in [0.25, 0.3) is 0 Å². The lowest BCUT2D eigenvalue weighted by molar-refractivity contribution is 0.319. The minimum Gasteiger partial charge on any atom is -0.494 e. The van der Waals surface area contributed by atoms with E-state index in [0.29, 0.717) is 23.3 Å². The largest absolute Gasteiger partial charge is 0.494 e. The molecule has 3 rings (SSSR count). The molecule has 0 atom stereocenters. The molecule has 0 saturated heterocycles. The molecule has 3 nitrogen and oxygen atoms in total. The molecule has 2 aromatic carbocycles. The van der Waals surface area contributed by atoms with Crippen molar-refractivity contribution in [2.75, 3.05) is 12.4 Å². The first-order valence-corrected chi connectivity index (χ1v) is 8.55. The Morgan fingerprint density at radius 3 is 2.74 bits per heavy atom. The summed E-state index contributed by atoms with van der Waals surface area (Å²) in [4.78, 5) is 13.0. The number of fused-ring (bicyclic) bond motifs is 1. The summed E-state index contributed by atoms with van der Waals surface area (Å²) in [7, 11) is 0. The number of rotatable bonds is 6. The zero-order valence-electron chi connectivity index (χ0n) is 13.0. The molecule has 4 heteroatoms. The van der Waals surface area contributed by atoms with Crippen LogP contribution in [0.15, 0.2) is 68.9 Å². The van der Waals surface area contributed by atoms with Crippen LogP contribution in [0.3, 0.4) is 0 Å². The zero-order valence-corrected chi connectivity index (χ0v) is 13.8. The van der Waals surface area contributed by atoms with Crippen molar-refractivity contribution in [1.29, 1.82) is 0 Å². The van der Waals surface area contributed by atoms with E-state index >= 15 is 0 Å². The van der Waals surface area contributed by atoms with E-state index in [2.05, 4.69) is 31.2 Å². The van der Waals surface area contributed by atoms with Gasteiger partial charge in [-0.3, -0.25) is 4.79 Å². The summed E-state index contributed by atoms with van der Waals surface area (Å²) in [6, 6.07) is 15.3. The lowest BCUT2D eigenvalue weighted by Crippen LogP contribution is -2.01. The molecule has 0 aliphatic rings. The minimum absolute atomic E-state index is 0.0494. The molecule has 118 valence electrons. The van der Waals surface area contributed by atoms with E-state index < -0.39 is 0 Å². The van der Waals surface area contributed by atoms with Crippen molar-refractivity contribution in [3.05, 3.63) is 70.6 Å². The van der Waals surface area contributed by atoms with Crippen molar-refractivity contribution >= 4 is 22.7 Å². The maximum Gasteiger partial charge on any atom is 0.192 e. The van der Waals surface area contributed by atoms with Gasteiger partial charge in [-0.05, 0) is 43.7 Å². The van der Waals surface area contributed by atoms with E-state index in [0.717, 1.165) is 12.2 Å². The van der Waals surface area contributed by atoms with Gasteiger partial charge in [0, 0.05) is 16.7 Å². The Labute approximate surface area is 139 Å². The molecular formula is C19H18O3S. The van der Waals surface area contributed by atoms with Gasteiger partial charge in [0.1, 0.15) is 11.3 Å². The maximum atomic E-state index is 11.8. The van der Waals surface area contributed by atoms with Gasteiger partial charge < -0.3 is 9.15 Å². The Morgan fingerprint density at radius 1 is 1.09 bits per heavy atom. The van der Waals surface area contributed by atoms with Crippen molar-refractivity contribution in [3.63, 3.8) is 0 Å². The van der Waals surface area contributed by atoms with Crippen molar-refractivity contribution in [2.45, 2.75) is 18.2 Å². The molecular weight excluding hydrogens is 308 g/mol. The first-order valence-electron chi connectivity index (χ1n) is 7.56. The molecule has 0 saturated carbocycles. The van der Waals surface area contributed by atoms with Crippen LogP contribution in [0.25, 0.3) is 11.0 Å². The zero-order chi connectivity index (χ0) is 16.1. The van der Waals surface area contributed by atoms with E-state index in [4.69, 9.17) is 9.15 Å². The maximum absolute atomic E-state index is 11.8. The Hall–Kier alpha value is -2.20. The first-order chi connectivity index (χ1) is 11.2. The number of ether oxygens (including phenoxy) is 1. The third-order valence-corrected chi connectivity index (χ3v) is 4.58. The van der Waals surface area contributed by atoms with Crippen LogP contribution in [0.5, 0.6) is 5.75 Å². The van der Waals surface area contributed by atoms with E-state index in [1.165, 1.54) is 22.8 Å². The molecule has 1 aromatic heterocycles. The molecule has 0 aliphatic heterocycles. The van der Waals surface area contributed by atoms with Crippen LogP contribution in [-0.4, -0.2) is 12.4 Å². The molecule has 0 bridgehead atoms. The fourth-order valence-electron chi connectivity index (χ4n) is 2.23. The van der Waals surface area contributed by atoms with Crippen LogP contribution < -0.4 is 10.2 Å². The van der Waals surface area contributed by atoms with Crippen LogP contribution >= 0.6 is 11.8 Å². The molecule has 0 radical (unpaired) electrons. The number of benzene rings is 2. The Kier molecular flexibility index (Phi) is 5.03. The monoisotopic (exact) mass is 326 g/mol. The topological polar surface area (TPSA) is 39.4 Å². The van der Waals surface area contributed by atoms with Crippen molar-refractivity contribution < 1.29 is 9.15 Å². The Balaban J connectivity index is 1.50. The van der Waals surface area contributed by atoms with Crippen LogP contribution in [-0.2, 0) is 0 Å². The van der Waals surface area contributed by atoms with Gasteiger partial charge in [-0.1, -0.05) is 17.7 Å². The molecule has 0 aliphatic carbocycles. The quantitative estimate of drug-likeness (QED) is 0.488. The average molecular weight is 326 g/mol. The normalized spacial score (nSPS) is 10.8. The number of aryl methyl sites for hydroxylation is 1. The molecule has 0 spiro atoms. The summed E-state index contributed by atoms with van der Waals surface area (Å²) in [5, 5.41) is 0.555. The minimum atomic E-state index is -0.0494. The summed E-state index contributed by atoms with van der Waals surface area (Å²) < 4.78 is 11.0. The summed E-state index contributed by atoms with van der Waals surface area (Å²) in [6.07, 6.45) is 2.35. The smallest absolute Gasteiger partial charge is 0.192 e. The van der Waals surface area contributed by atoms with E-state index in [9.17, 15) is 4.79 Å². The highest BCUT2D eigenvalue weighted by Gasteiger charge is 2.02. The Morgan fingerprint density at radius 2 is 1.91 bits per heavy atom. The molecule has 23 heavy (non-hydrogen) atoms. The standard InChI is InChI=1S/C19H18O3S/c1-14-3-6-16(7-4-14)23-12-2-10-21-15-5-8-19-17(13-15)18(20)9-11-22-19/h3-9,11,13H,2,10,12H2,1H3. The number of hydrogen-bond acceptors (Lipinski definition) is 4. The highest BCUT2D eigenvalue weighted by atomic mass is 32.2. The fraction of sp³-hybridized carbons (Fsp3) is 0.211. The van der Waals surface area contributed by atoms with Crippen LogP contribution in [0.1, 0.15) is 12.0 Å². The summed E-state index contributed by atoms with van der Waals surface area (Å²) in [5.74, 6) is 1.70. The average Bonchev–Trinajstić information content (AvgIpc) is 2.57. The lowest BCUT2D eigenvalue weighted by atomic mass is 10.2. The second kappa shape index (κ2) is 7.38. The summed E-state index contributed by atoms with van der Waals surface area (Å²) in [5.41, 5.74) is 1.81. The van der Waals surface area contributed by atoms with Crippen LogP contribution in [0.2, 0.25) is 0 Å². The van der Waals surface area contributed by atoms with Gasteiger partial charge in [0.05, 0.1) is 18.3 Å². The molecule has 1 heterocycles. The van der Waals surface area contributed by atoms with E-state index in [1.54, 1.807) is 12.1 Å². The first kappa shape index (κ1) is 15.7. The van der Waals surface area contributed by atoms with Crippen molar-refractivity contribution in [1.82, 2.24) is 0 Å². The van der Waals surface area contributed by atoms with Gasteiger partial charge in [0.2, 0.25) is 0 Å².